The Labute approximate surface area is 122 Å². The van der Waals surface area contributed by atoms with E-state index >= 15 is 0 Å². The average Bonchev–Trinajstić information content (AvgIpc) is 2.38. The highest BCUT2D eigenvalue weighted by molar-refractivity contribution is 6.31. The number of halogens is 1. The number of hydrogen-bond donors (Lipinski definition) is 2. The van der Waals surface area contributed by atoms with Gasteiger partial charge in [-0.25, -0.2) is 9.59 Å². The minimum absolute atomic E-state index is 0.0173. The predicted octanol–water partition coefficient (Wildman–Crippen LogP) is 2.56. The monoisotopic (exact) mass is 297 g/mol. The number of alkyl carbamates (subject to hydrolysis) is 1. The summed E-state index contributed by atoms with van der Waals surface area (Å²) in [4.78, 5) is 22.5. The molecule has 0 radical (unpaired) electrons. The van der Waals surface area contributed by atoms with Gasteiger partial charge in [-0.3, -0.25) is 0 Å². The first-order valence-electron chi connectivity index (χ1n) is 5.96. The highest BCUT2D eigenvalue weighted by Crippen LogP contribution is 2.19. The molecule has 0 aliphatic heterocycles. The molecule has 0 saturated heterocycles. The maximum Gasteiger partial charge on any atom is 0.408 e. The number of rotatable bonds is 6. The van der Waals surface area contributed by atoms with Gasteiger partial charge in [0.1, 0.15) is 12.6 Å². The molecule has 0 heterocycles. The zero-order chi connectivity index (χ0) is 15.1. The van der Waals surface area contributed by atoms with Gasteiger partial charge in [0.15, 0.2) is 0 Å². The first-order chi connectivity index (χ1) is 9.43. The van der Waals surface area contributed by atoms with E-state index in [9.17, 15) is 9.59 Å². The molecule has 5 nitrogen and oxygen atoms in total. The maximum absolute atomic E-state index is 11.4. The van der Waals surface area contributed by atoms with Crippen molar-refractivity contribution in [3.05, 3.63) is 47.0 Å². The van der Waals surface area contributed by atoms with Gasteiger partial charge in [-0.2, -0.15) is 0 Å². The zero-order valence-electron chi connectivity index (χ0n) is 11.1. The van der Waals surface area contributed by atoms with Crippen LogP contribution in [0.5, 0.6) is 0 Å². The molecule has 1 aromatic rings. The number of ether oxygens (including phenoxy) is 1. The van der Waals surface area contributed by atoms with Crippen molar-refractivity contribution >= 4 is 23.7 Å². The molecule has 6 heteroatoms. The summed E-state index contributed by atoms with van der Waals surface area (Å²) >= 11 is 6.05. The van der Waals surface area contributed by atoms with Crippen LogP contribution in [-0.2, 0) is 16.0 Å². The fraction of sp³-hybridized carbons (Fsp3) is 0.286. The van der Waals surface area contributed by atoms with Crippen molar-refractivity contribution in [2.45, 2.75) is 19.4 Å². The van der Waals surface area contributed by atoms with Gasteiger partial charge in [-0.1, -0.05) is 36.4 Å². The SMILES string of the molecule is C=CCOC(=O)N[C@H](Cc1ccc(C)cc1Cl)C(=O)O. The second kappa shape index (κ2) is 7.55. The number of nitrogens with one attached hydrogen (secondary N) is 1. The molecule has 20 heavy (non-hydrogen) atoms. The zero-order valence-corrected chi connectivity index (χ0v) is 11.8. The van der Waals surface area contributed by atoms with Gasteiger partial charge in [-0.15, -0.1) is 0 Å². The maximum atomic E-state index is 11.4. The summed E-state index contributed by atoms with van der Waals surface area (Å²) in [6, 6.07) is 4.21. The van der Waals surface area contributed by atoms with E-state index in [1.54, 1.807) is 12.1 Å². The first-order valence-corrected chi connectivity index (χ1v) is 6.34. The second-order valence-electron chi connectivity index (χ2n) is 4.22. The minimum Gasteiger partial charge on any atom is -0.480 e. The van der Waals surface area contributed by atoms with Crippen LogP contribution in [0.3, 0.4) is 0 Å². The van der Waals surface area contributed by atoms with Crippen molar-refractivity contribution < 1.29 is 19.4 Å². The van der Waals surface area contributed by atoms with Crippen LogP contribution in [0.15, 0.2) is 30.9 Å². The van der Waals surface area contributed by atoms with Crippen LogP contribution in [0.4, 0.5) is 4.79 Å². The van der Waals surface area contributed by atoms with Crippen molar-refractivity contribution in [1.29, 1.82) is 0 Å². The molecule has 0 aliphatic rings. The highest BCUT2D eigenvalue weighted by atomic mass is 35.5. The van der Waals surface area contributed by atoms with Gasteiger partial charge in [0.25, 0.3) is 0 Å². The van der Waals surface area contributed by atoms with E-state index in [4.69, 9.17) is 21.4 Å². The van der Waals surface area contributed by atoms with Gasteiger partial charge >= 0.3 is 12.1 Å². The molecular formula is C14H16ClNO4. The van der Waals surface area contributed by atoms with Crippen molar-refractivity contribution in [2.75, 3.05) is 6.61 Å². The predicted molar refractivity (Wildman–Crippen MR) is 76.0 cm³/mol. The first kappa shape index (κ1) is 16.0. The van der Waals surface area contributed by atoms with Crippen molar-refractivity contribution in [3.63, 3.8) is 0 Å². The Balaban J connectivity index is 2.74. The molecule has 0 bridgehead atoms. The number of carboxylic acid groups (broad SMARTS) is 1. The van der Waals surface area contributed by atoms with Crippen molar-refractivity contribution in [2.24, 2.45) is 0 Å². The van der Waals surface area contributed by atoms with Crippen LogP contribution in [0.2, 0.25) is 5.02 Å². The number of hydrogen-bond acceptors (Lipinski definition) is 3. The van der Waals surface area contributed by atoms with Crippen LogP contribution in [-0.4, -0.2) is 29.8 Å². The van der Waals surface area contributed by atoms with E-state index in [2.05, 4.69) is 11.9 Å². The molecule has 0 fully saturated rings. The van der Waals surface area contributed by atoms with Gasteiger partial charge in [0.05, 0.1) is 0 Å². The molecule has 1 atom stereocenters. The van der Waals surface area contributed by atoms with Crippen LogP contribution < -0.4 is 5.32 Å². The van der Waals surface area contributed by atoms with E-state index in [1.165, 1.54) is 6.08 Å². The van der Waals surface area contributed by atoms with E-state index in [0.717, 1.165) is 5.56 Å². The minimum atomic E-state index is -1.16. The number of aryl methyl sites for hydroxylation is 1. The fourth-order valence-electron chi connectivity index (χ4n) is 1.56. The van der Waals surface area contributed by atoms with Crippen molar-refractivity contribution in [1.82, 2.24) is 5.32 Å². The number of benzene rings is 1. The molecule has 0 saturated carbocycles. The Morgan fingerprint density at radius 2 is 2.25 bits per heavy atom. The summed E-state index contributed by atoms with van der Waals surface area (Å²) in [5.74, 6) is -1.16. The Morgan fingerprint density at radius 1 is 1.55 bits per heavy atom. The largest absolute Gasteiger partial charge is 0.480 e. The second-order valence-corrected chi connectivity index (χ2v) is 4.63. The highest BCUT2D eigenvalue weighted by Gasteiger charge is 2.22. The lowest BCUT2D eigenvalue weighted by Crippen LogP contribution is -2.42. The van der Waals surface area contributed by atoms with E-state index in [-0.39, 0.29) is 13.0 Å². The lowest BCUT2D eigenvalue weighted by Gasteiger charge is -2.15. The van der Waals surface area contributed by atoms with Crippen LogP contribution in [0.1, 0.15) is 11.1 Å². The molecule has 1 rings (SSSR count). The summed E-state index contributed by atoms with van der Waals surface area (Å²) in [6.45, 7) is 5.30. The van der Waals surface area contributed by atoms with Gasteiger partial charge in [0.2, 0.25) is 0 Å². The lowest BCUT2D eigenvalue weighted by molar-refractivity contribution is -0.139. The van der Waals surface area contributed by atoms with E-state index in [0.29, 0.717) is 10.6 Å². The quantitative estimate of drug-likeness (QED) is 0.791. The Kier molecular flexibility index (Phi) is 6.06. The number of carbonyl (C=O) groups is 2. The third-order valence-electron chi connectivity index (χ3n) is 2.56. The van der Waals surface area contributed by atoms with Gasteiger partial charge in [-0.05, 0) is 24.1 Å². The standard InChI is InChI=1S/C14H16ClNO4/c1-3-6-20-14(19)16-12(13(17)18)8-10-5-4-9(2)7-11(10)15/h3-5,7,12H,1,6,8H2,2H3,(H,16,19)(H,17,18)/t12-/m1/s1. The fourth-order valence-corrected chi connectivity index (χ4v) is 1.87. The summed E-state index contributed by atoms with van der Waals surface area (Å²) in [7, 11) is 0. The molecule has 2 N–H and O–H groups in total. The number of amides is 1. The molecule has 0 spiro atoms. The van der Waals surface area contributed by atoms with Crippen LogP contribution >= 0.6 is 11.6 Å². The molecule has 1 aromatic carbocycles. The lowest BCUT2D eigenvalue weighted by atomic mass is 10.0. The summed E-state index contributed by atoms with van der Waals surface area (Å²) in [5.41, 5.74) is 1.62. The topological polar surface area (TPSA) is 75.6 Å². The van der Waals surface area contributed by atoms with E-state index < -0.39 is 18.1 Å². The molecule has 0 aromatic heterocycles. The third-order valence-corrected chi connectivity index (χ3v) is 2.91. The molecule has 1 amide bonds. The van der Waals surface area contributed by atoms with Gasteiger partial charge < -0.3 is 15.2 Å². The smallest absolute Gasteiger partial charge is 0.408 e. The molecule has 0 unspecified atom stereocenters. The number of aliphatic carboxylic acids is 1. The summed E-state index contributed by atoms with van der Waals surface area (Å²) < 4.78 is 4.69. The van der Waals surface area contributed by atoms with Crippen LogP contribution in [0.25, 0.3) is 0 Å². The molecule has 0 aliphatic carbocycles. The molecule has 108 valence electrons. The Hall–Kier alpha value is -2.01. The van der Waals surface area contributed by atoms with Crippen LogP contribution in [0, 0.1) is 6.92 Å². The molecular weight excluding hydrogens is 282 g/mol. The average molecular weight is 298 g/mol. The van der Waals surface area contributed by atoms with Gasteiger partial charge in [0, 0.05) is 11.4 Å². The summed E-state index contributed by atoms with van der Waals surface area (Å²) in [5, 5.41) is 11.9. The van der Waals surface area contributed by atoms with Crippen molar-refractivity contribution in [3.8, 4) is 0 Å². The number of carboxylic acids is 1. The van der Waals surface area contributed by atoms with E-state index in [1.807, 2.05) is 13.0 Å². The summed E-state index contributed by atoms with van der Waals surface area (Å²) in [6.07, 6.45) is 0.671. The normalized spacial score (nSPS) is 11.5. The Morgan fingerprint density at radius 3 is 2.80 bits per heavy atom. The Bertz CT molecular complexity index is 516. The third kappa shape index (κ3) is 4.93. The number of carbonyl (C=O) groups excluding carboxylic acids is 1.